The van der Waals surface area contributed by atoms with Crippen LogP contribution in [0.15, 0.2) is 48.5 Å². The number of hydrogen-bond acceptors (Lipinski definition) is 7. The summed E-state index contributed by atoms with van der Waals surface area (Å²) in [5.41, 5.74) is 4.42. The first-order valence-corrected chi connectivity index (χ1v) is 8.58. The zero-order valence-electron chi connectivity index (χ0n) is 14.7. The Morgan fingerprint density at radius 1 is 1.00 bits per heavy atom. The lowest BCUT2D eigenvalue weighted by molar-refractivity contribution is 0.0215. The van der Waals surface area contributed by atoms with Crippen molar-refractivity contribution in [2.45, 2.75) is 5.60 Å². The highest BCUT2D eigenvalue weighted by atomic mass is 16.6. The molecule has 5 rings (SSSR count). The molecule has 3 aromatic carbocycles. The predicted molar refractivity (Wildman–Crippen MR) is 99.4 cm³/mol. The number of carboxylic acid groups (broad SMARTS) is 1. The summed E-state index contributed by atoms with van der Waals surface area (Å²) in [5, 5.41) is 29.9. The van der Waals surface area contributed by atoms with Gasteiger partial charge in [-0.05, 0) is 18.2 Å². The first-order valence-electron chi connectivity index (χ1n) is 8.58. The molecule has 29 heavy (non-hydrogen) atoms. The fourth-order valence-electron chi connectivity index (χ4n) is 4.05. The van der Waals surface area contributed by atoms with Gasteiger partial charge in [0.05, 0.1) is 22.4 Å². The fraction of sp³-hybridized carbons (Fsp3) is 0.0476. The average Bonchev–Trinajstić information content (AvgIpc) is 2.97. The maximum atomic E-state index is 12.7. The van der Waals surface area contributed by atoms with Gasteiger partial charge in [-0.15, -0.1) is 0 Å². The molecule has 0 saturated carbocycles. The van der Waals surface area contributed by atoms with Gasteiger partial charge in [0.15, 0.2) is 5.60 Å². The molecule has 0 aromatic heterocycles. The van der Waals surface area contributed by atoms with Gasteiger partial charge < -0.3 is 30.5 Å². The molecular formula is C21H13NO7. The fourth-order valence-corrected chi connectivity index (χ4v) is 4.05. The molecule has 144 valence electrons. The Morgan fingerprint density at radius 2 is 1.76 bits per heavy atom. The summed E-state index contributed by atoms with van der Waals surface area (Å²) in [6.45, 7) is 0. The van der Waals surface area contributed by atoms with Gasteiger partial charge in [0, 0.05) is 23.3 Å². The highest BCUT2D eigenvalue weighted by Crippen LogP contribution is 2.59. The van der Waals surface area contributed by atoms with Crippen molar-refractivity contribution in [2.24, 2.45) is 0 Å². The van der Waals surface area contributed by atoms with Crippen molar-refractivity contribution in [3.05, 3.63) is 76.3 Å². The lowest BCUT2D eigenvalue weighted by atomic mass is 9.75. The molecule has 5 N–H and O–H groups in total. The maximum absolute atomic E-state index is 12.7. The molecule has 2 heterocycles. The number of phenolic OH excluding ortho intramolecular Hbond substituents is 2. The Hall–Kier alpha value is -4.20. The lowest BCUT2D eigenvalue weighted by Gasteiger charge is -2.37. The van der Waals surface area contributed by atoms with Gasteiger partial charge in [-0.25, -0.2) is 9.59 Å². The predicted octanol–water partition coefficient (Wildman–Crippen LogP) is 2.95. The van der Waals surface area contributed by atoms with Crippen LogP contribution in [-0.2, 0) is 10.3 Å². The van der Waals surface area contributed by atoms with Crippen molar-refractivity contribution in [3.8, 4) is 23.0 Å². The number of anilines is 1. The number of aromatic carboxylic acids is 1. The minimum Gasteiger partial charge on any atom is -0.508 e. The third kappa shape index (κ3) is 2.02. The molecule has 2 aliphatic rings. The van der Waals surface area contributed by atoms with Gasteiger partial charge in [0.2, 0.25) is 0 Å². The molecule has 0 radical (unpaired) electrons. The molecule has 0 fully saturated rings. The van der Waals surface area contributed by atoms with Crippen LogP contribution in [0.4, 0.5) is 5.69 Å². The number of ether oxygens (including phenoxy) is 2. The van der Waals surface area contributed by atoms with Crippen molar-refractivity contribution in [3.63, 3.8) is 0 Å². The summed E-state index contributed by atoms with van der Waals surface area (Å²) in [7, 11) is 0. The SMILES string of the molecule is Nc1c(O)cc2c(c1C(=O)O)C1(OC(=O)c3ccccc31)c1ccc(O)cc1O2. The van der Waals surface area contributed by atoms with E-state index in [0.29, 0.717) is 11.1 Å². The van der Waals surface area contributed by atoms with Gasteiger partial charge >= 0.3 is 11.9 Å². The quantitative estimate of drug-likeness (QED) is 0.282. The number of hydrogen-bond donors (Lipinski definition) is 4. The molecule has 0 amide bonds. The summed E-state index contributed by atoms with van der Waals surface area (Å²) in [5.74, 6) is -2.54. The normalized spacial score (nSPS) is 18.4. The van der Waals surface area contributed by atoms with Crippen LogP contribution in [0.2, 0.25) is 0 Å². The summed E-state index contributed by atoms with van der Waals surface area (Å²) in [6.07, 6.45) is 0. The number of carboxylic acids is 1. The van der Waals surface area contributed by atoms with Crippen LogP contribution in [0.5, 0.6) is 23.0 Å². The second-order valence-electron chi connectivity index (χ2n) is 6.76. The standard InChI is InChI=1S/C21H13NO7/c22-18-13(24)8-15-17(16(18)19(25)26)21(12-6-5-9(23)7-14(12)28-15)11-4-2-1-3-10(11)20(27)29-21/h1-8,23-24H,22H2,(H,25,26). The van der Waals surface area contributed by atoms with E-state index in [0.717, 1.165) is 0 Å². The van der Waals surface area contributed by atoms with E-state index in [4.69, 9.17) is 15.2 Å². The molecule has 1 unspecified atom stereocenters. The first kappa shape index (κ1) is 16.9. The molecule has 0 aliphatic carbocycles. The minimum absolute atomic E-state index is 0.00297. The number of carbonyl (C=O) groups is 2. The van der Waals surface area contributed by atoms with E-state index < -0.39 is 28.9 Å². The Morgan fingerprint density at radius 3 is 2.52 bits per heavy atom. The average molecular weight is 391 g/mol. The summed E-state index contributed by atoms with van der Waals surface area (Å²) >= 11 is 0. The number of esters is 1. The van der Waals surface area contributed by atoms with Crippen LogP contribution in [0.1, 0.15) is 37.4 Å². The van der Waals surface area contributed by atoms with Gasteiger partial charge in [0.25, 0.3) is 0 Å². The summed E-state index contributed by atoms with van der Waals surface area (Å²) < 4.78 is 11.6. The monoisotopic (exact) mass is 391 g/mol. The summed E-state index contributed by atoms with van der Waals surface area (Å²) in [6, 6.07) is 12.0. The third-order valence-electron chi connectivity index (χ3n) is 5.21. The second-order valence-corrected chi connectivity index (χ2v) is 6.76. The minimum atomic E-state index is -1.67. The zero-order valence-corrected chi connectivity index (χ0v) is 14.7. The van der Waals surface area contributed by atoms with E-state index in [1.807, 2.05) is 0 Å². The molecule has 3 aromatic rings. The molecular weight excluding hydrogens is 378 g/mol. The number of rotatable bonds is 1. The van der Waals surface area contributed by atoms with Gasteiger partial charge in [-0.3, -0.25) is 0 Å². The Balaban J connectivity index is 1.99. The largest absolute Gasteiger partial charge is 0.508 e. The maximum Gasteiger partial charge on any atom is 0.340 e. The van der Waals surface area contributed by atoms with Crippen molar-refractivity contribution in [2.75, 3.05) is 5.73 Å². The molecule has 1 atom stereocenters. The van der Waals surface area contributed by atoms with Crippen LogP contribution in [0, 0.1) is 0 Å². The molecule has 0 bridgehead atoms. The second kappa shape index (κ2) is 5.41. The topological polar surface area (TPSA) is 139 Å². The molecule has 1 spiro atoms. The van der Waals surface area contributed by atoms with E-state index in [9.17, 15) is 24.9 Å². The van der Waals surface area contributed by atoms with Crippen molar-refractivity contribution in [1.29, 1.82) is 0 Å². The lowest BCUT2D eigenvalue weighted by Crippen LogP contribution is -2.35. The van der Waals surface area contributed by atoms with Gasteiger partial charge in [-0.1, -0.05) is 18.2 Å². The number of benzene rings is 3. The number of phenols is 2. The first-order chi connectivity index (χ1) is 13.8. The molecule has 8 heteroatoms. The van der Waals surface area contributed by atoms with E-state index >= 15 is 0 Å². The van der Waals surface area contributed by atoms with E-state index in [1.54, 1.807) is 24.3 Å². The van der Waals surface area contributed by atoms with E-state index in [2.05, 4.69) is 0 Å². The van der Waals surface area contributed by atoms with E-state index in [-0.39, 0.29) is 34.1 Å². The summed E-state index contributed by atoms with van der Waals surface area (Å²) in [4.78, 5) is 24.8. The van der Waals surface area contributed by atoms with Crippen LogP contribution in [0.3, 0.4) is 0 Å². The highest BCUT2D eigenvalue weighted by Gasteiger charge is 2.55. The number of nitrogens with two attached hydrogens (primary N) is 1. The molecule has 8 nitrogen and oxygen atoms in total. The third-order valence-corrected chi connectivity index (χ3v) is 5.21. The van der Waals surface area contributed by atoms with Gasteiger partial charge in [-0.2, -0.15) is 0 Å². The zero-order chi connectivity index (χ0) is 20.5. The van der Waals surface area contributed by atoms with Crippen molar-refractivity contribution in [1.82, 2.24) is 0 Å². The molecule has 0 saturated heterocycles. The Kier molecular flexibility index (Phi) is 3.16. The van der Waals surface area contributed by atoms with Crippen LogP contribution < -0.4 is 10.5 Å². The number of aromatic hydroxyl groups is 2. The van der Waals surface area contributed by atoms with Crippen LogP contribution in [0.25, 0.3) is 0 Å². The number of nitrogen functional groups attached to an aromatic ring is 1. The van der Waals surface area contributed by atoms with Gasteiger partial charge in [0.1, 0.15) is 23.0 Å². The molecule has 2 aliphatic heterocycles. The number of fused-ring (bicyclic) bond motifs is 6. The Bertz CT molecular complexity index is 1250. The number of carbonyl (C=O) groups excluding carboxylic acids is 1. The van der Waals surface area contributed by atoms with Crippen LogP contribution >= 0.6 is 0 Å². The van der Waals surface area contributed by atoms with Crippen molar-refractivity contribution < 1.29 is 34.4 Å². The van der Waals surface area contributed by atoms with Crippen LogP contribution in [-0.4, -0.2) is 27.3 Å². The van der Waals surface area contributed by atoms with E-state index in [1.165, 1.54) is 24.3 Å². The highest BCUT2D eigenvalue weighted by molar-refractivity contribution is 6.02. The Labute approximate surface area is 163 Å². The smallest absolute Gasteiger partial charge is 0.340 e. The van der Waals surface area contributed by atoms with Crippen molar-refractivity contribution >= 4 is 17.6 Å².